The van der Waals surface area contributed by atoms with Gasteiger partial charge in [-0.2, -0.15) is 0 Å². The normalized spacial score (nSPS) is 15.5. The average Bonchev–Trinajstić information content (AvgIpc) is 3.16. The number of halogens is 2. The fourth-order valence-electron chi connectivity index (χ4n) is 3.04. The van der Waals surface area contributed by atoms with Gasteiger partial charge in [0.2, 0.25) is 5.91 Å². The Hall–Kier alpha value is -2.91. The first-order chi connectivity index (χ1) is 14.8. The number of carbonyl (C=O) groups is 4. The van der Waals surface area contributed by atoms with E-state index in [1.165, 1.54) is 12.0 Å². The van der Waals surface area contributed by atoms with Crippen molar-refractivity contribution in [3.05, 3.63) is 57.5 Å². The Balaban J connectivity index is 1.53. The van der Waals surface area contributed by atoms with Gasteiger partial charge in [-0.3, -0.25) is 14.4 Å². The van der Waals surface area contributed by atoms with Crippen LogP contribution in [0, 0.1) is 5.92 Å². The number of amides is 2. The highest BCUT2D eigenvalue weighted by Gasteiger charge is 2.36. The lowest BCUT2D eigenvalue weighted by molar-refractivity contribution is -0.151. The number of hydrogen-bond acceptors (Lipinski definition) is 6. The summed E-state index contributed by atoms with van der Waals surface area (Å²) in [5, 5.41) is 3.01. The molecule has 0 spiro atoms. The van der Waals surface area contributed by atoms with Gasteiger partial charge in [0.1, 0.15) is 0 Å². The molecule has 0 aromatic heterocycles. The Morgan fingerprint density at radius 3 is 2.55 bits per heavy atom. The van der Waals surface area contributed by atoms with Crippen LogP contribution in [-0.4, -0.2) is 44.0 Å². The van der Waals surface area contributed by atoms with Gasteiger partial charge in [-0.25, -0.2) is 4.79 Å². The molecule has 1 aliphatic heterocycles. The number of carbonyl (C=O) groups excluding carboxylic acids is 4. The van der Waals surface area contributed by atoms with Crippen molar-refractivity contribution in [3.63, 3.8) is 0 Å². The third-order valence-corrected chi connectivity index (χ3v) is 5.84. The molecule has 0 unspecified atom stereocenters. The maximum Gasteiger partial charge on any atom is 0.337 e. The predicted molar refractivity (Wildman–Crippen MR) is 117 cm³/mol. The van der Waals surface area contributed by atoms with Gasteiger partial charge in [-0.1, -0.05) is 11.6 Å². The van der Waals surface area contributed by atoms with Crippen LogP contribution in [0.4, 0.5) is 11.4 Å². The molecule has 1 heterocycles. The van der Waals surface area contributed by atoms with Crippen LogP contribution < -0.4 is 10.2 Å². The zero-order chi connectivity index (χ0) is 22.5. The molecule has 1 atom stereocenters. The molecule has 0 saturated carbocycles. The standard InChI is InChI=1S/C21H18BrClN2O6/c1-30-20(28)12-2-5-15(6-3-12)25-10-13(8-19(25)27)21(29)31-11-18(26)24-14-4-7-16(22)17(23)9-14/h2-7,9,13H,8,10-11H2,1H3,(H,24,26)/t13-/m1/s1. The third kappa shape index (κ3) is 5.62. The summed E-state index contributed by atoms with van der Waals surface area (Å²) >= 11 is 9.23. The lowest BCUT2D eigenvalue weighted by Crippen LogP contribution is -2.28. The lowest BCUT2D eigenvalue weighted by Gasteiger charge is -2.16. The van der Waals surface area contributed by atoms with Crippen LogP contribution in [0.3, 0.4) is 0 Å². The van der Waals surface area contributed by atoms with Crippen LogP contribution in [0.2, 0.25) is 5.02 Å². The van der Waals surface area contributed by atoms with Gasteiger partial charge < -0.3 is 19.7 Å². The summed E-state index contributed by atoms with van der Waals surface area (Å²) in [7, 11) is 1.28. The zero-order valence-corrected chi connectivity index (χ0v) is 18.7. The lowest BCUT2D eigenvalue weighted by atomic mass is 10.1. The summed E-state index contributed by atoms with van der Waals surface area (Å²) in [5.74, 6) is -2.58. The molecule has 162 valence electrons. The number of ether oxygens (including phenoxy) is 2. The molecule has 1 aliphatic rings. The van der Waals surface area contributed by atoms with Crippen LogP contribution in [-0.2, 0) is 23.9 Å². The fourth-order valence-corrected chi connectivity index (χ4v) is 3.46. The van der Waals surface area contributed by atoms with Crippen molar-refractivity contribution in [3.8, 4) is 0 Å². The summed E-state index contributed by atoms with van der Waals surface area (Å²) in [5.41, 5.74) is 1.37. The molecule has 31 heavy (non-hydrogen) atoms. The van der Waals surface area contributed by atoms with Crippen molar-refractivity contribution in [1.29, 1.82) is 0 Å². The largest absolute Gasteiger partial charge is 0.465 e. The van der Waals surface area contributed by atoms with Crippen LogP contribution in [0.15, 0.2) is 46.9 Å². The second-order valence-electron chi connectivity index (χ2n) is 6.73. The van der Waals surface area contributed by atoms with Gasteiger partial charge in [0.05, 0.1) is 23.6 Å². The van der Waals surface area contributed by atoms with Gasteiger partial charge in [-0.15, -0.1) is 0 Å². The molecule has 2 aromatic carbocycles. The number of nitrogens with zero attached hydrogens (tertiary/aromatic N) is 1. The molecule has 1 fully saturated rings. The predicted octanol–water partition coefficient (Wildman–Crippen LogP) is 3.42. The van der Waals surface area contributed by atoms with Crippen LogP contribution in [0.25, 0.3) is 0 Å². The molecule has 1 N–H and O–H groups in total. The number of anilines is 2. The Labute approximate surface area is 191 Å². The number of benzene rings is 2. The summed E-state index contributed by atoms with van der Waals surface area (Å²) in [6.07, 6.45) is -0.0263. The third-order valence-electron chi connectivity index (χ3n) is 4.61. The SMILES string of the molecule is COC(=O)c1ccc(N2C[C@H](C(=O)OCC(=O)Nc3ccc(Br)c(Cl)c3)CC2=O)cc1. The summed E-state index contributed by atoms with van der Waals surface area (Å²) in [4.78, 5) is 49.7. The van der Waals surface area contributed by atoms with Crippen molar-refractivity contribution in [1.82, 2.24) is 0 Å². The second kappa shape index (κ2) is 9.93. The van der Waals surface area contributed by atoms with Crippen molar-refractivity contribution in [2.24, 2.45) is 5.92 Å². The van der Waals surface area contributed by atoms with Crippen LogP contribution in [0.5, 0.6) is 0 Å². The van der Waals surface area contributed by atoms with E-state index in [4.69, 9.17) is 16.3 Å². The molecular weight excluding hydrogens is 492 g/mol. The molecule has 0 bridgehead atoms. The first-order valence-corrected chi connectivity index (χ1v) is 10.4. The smallest absolute Gasteiger partial charge is 0.337 e. The van der Waals surface area contributed by atoms with Crippen molar-refractivity contribution in [2.45, 2.75) is 6.42 Å². The first-order valence-electron chi connectivity index (χ1n) is 9.18. The van der Waals surface area contributed by atoms with E-state index in [1.807, 2.05) is 0 Å². The Morgan fingerprint density at radius 1 is 1.19 bits per heavy atom. The van der Waals surface area contributed by atoms with E-state index < -0.39 is 30.4 Å². The molecular formula is C21H18BrClN2O6. The van der Waals surface area contributed by atoms with E-state index in [0.717, 1.165) is 0 Å². The second-order valence-corrected chi connectivity index (χ2v) is 7.99. The van der Waals surface area contributed by atoms with Crippen molar-refractivity contribution in [2.75, 3.05) is 30.5 Å². The molecule has 10 heteroatoms. The van der Waals surface area contributed by atoms with Crippen molar-refractivity contribution < 1.29 is 28.7 Å². The summed E-state index contributed by atoms with van der Waals surface area (Å²) < 4.78 is 10.4. The van der Waals surface area contributed by atoms with E-state index in [2.05, 4.69) is 26.0 Å². The van der Waals surface area contributed by atoms with E-state index in [-0.39, 0.29) is 18.9 Å². The van der Waals surface area contributed by atoms with E-state index in [9.17, 15) is 19.2 Å². The maximum absolute atomic E-state index is 12.3. The highest BCUT2D eigenvalue weighted by molar-refractivity contribution is 9.10. The molecule has 1 saturated heterocycles. The van der Waals surface area contributed by atoms with Gasteiger partial charge in [0, 0.05) is 28.8 Å². The molecule has 0 radical (unpaired) electrons. The van der Waals surface area contributed by atoms with Crippen LogP contribution >= 0.6 is 27.5 Å². The number of nitrogens with one attached hydrogen (secondary N) is 1. The minimum Gasteiger partial charge on any atom is -0.465 e. The van der Waals surface area contributed by atoms with E-state index in [0.29, 0.717) is 26.4 Å². The summed E-state index contributed by atoms with van der Waals surface area (Å²) in [6, 6.07) is 11.2. The number of esters is 2. The zero-order valence-electron chi connectivity index (χ0n) is 16.4. The topological polar surface area (TPSA) is 102 Å². The van der Waals surface area contributed by atoms with Crippen LogP contribution in [0.1, 0.15) is 16.8 Å². The molecule has 2 aromatic rings. The number of methoxy groups -OCH3 is 1. The first kappa shape index (κ1) is 22.8. The van der Waals surface area contributed by atoms with E-state index in [1.54, 1.807) is 42.5 Å². The van der Waals surface area contributed by atoms with Gasteiger partial charge in [-0.05, 0) is 58.4 Å². The van der Waals surface area contributed by atoms with Gasteiger partial charge in [0.15, 0.2) is 6.61 Å². The number of hydrogen-bond donors (Lipinski definition) is 1. The fraction of sp³-hybridized carbons (Fsp3) is 0.238. The quantitative estimate of drug-likeness (QED) is 0.599. The Kier molecular flexibility index (Phi) is 7.29. The minimum absolute atomic E-state index is 0.0263. The van der Waals surface area contributed by atoms with E-state index >= 15 is 0 Å². The monoisotopic (exact) mass is 508 g/mol. The van der Waals surface area contributed by atoms with Gasteiger partial charge in [0.25, 0.3) is 5.91 Å². The molecule has 8 nitrogen and oxygen atoms in total. The molecule has 3 rings (SSSR count). The minimum atomic E-state index is -0.692. The van der Waals surface area contributed by atoms with Gasteiger partial charge >= 0.3 is 11.9 Å². The summed E-state index contributed by atoms with van der Waals surface area (Å²) in [6.45, 7) is -0.357. The average molecular weight is 510 g/mol. The molecule has 2 amide bonds. The highest BCUT2D eigenvalue weighted by Crippen LogP contribution is 2.27. The number of rotatable bonds is 6. The highest BCUT2D eigenvalue weighted by atomic mass is 79.9. The van der Waals surface area contributed by atoms with Crippen molar-refractivity contribution >= 4 is 62.7 Å². The Bertz CT molecular complexity index is 1030. The molecule has 0 aliphatic carbocycles. The Morgan fingerprint density at radius 2 is 1.90 bits per heavy atom. The maximum atomic E-state index is 12.3.